The van der Waals surface area contributed by atoms with Crippen LogP contribution in [0.1, 0.15) is 86.5 Å². The lowest BCUT2D eigenvalue weighted by Gasteiger charge is -2.70. The van der Waals surface area contributed by atoms with E-state index in [1.54, 1.807) is 12.0 Å². The van der Waals surface area contributed by atoms with Crippen molar-refractivity contribution in [3.8, 4) is 0 Å². The van der Waals surface area contributed by atoms with Crippen LogP contribution in [0.3, 0.4) is 0 Å². The minimum atomic E-state index is -0.291. The van der Waals surface area contributed by atoms with Crippen LogP contribution in [0.4, 0.5) is 0 Å². The maximum Gasteiger partial charge on any atom is 0.227 e. The minimum absolute atomic E-state index is 0.00965. The SMILES string of the molecule is COC1=C(C)C2=CC=C3[C@@](C)(CC[C@@]4(C)[C@@H]5C[C@](C)(C(=O)N(C)C)CC[C@]5(C)CC[C@]34C)C2=CC1=O. The molecule has 6 atom stereocenters. The molecule has 0 aliphatic heterocycles. The Bertz CT molecular complexity index is 1170. The third-order valence-electron chi connectivity index (χ3n) is 12.0. The molecule has 5 rings (SSSR count). The minimum Gasteiger partial charge on any atom is -0.492 e. The van der Waals surface area contributed by atoms with Gasteiger partial charge in [-0.1, -0.05) is 52.3 Å². The molecule has 0 spiro atoms. The molecule has 5 aliphatic carbocycles. The zero-order valence-electron chi connectivity index (χ0n) is 23.9. The van der Waals surface area contributed by atoms with Gasteiger partial charge in [0.15, 0.2) is 5.76 Å². The normalized spacial score (nSPS) is 43.8. The Hall–Kier alpha value is -2.10. The standard InChI is InChI=1S/C32H45NO3/c1-20-21-10-11-24-30(4,22(21)18-23(34)26(20)36-9)15-17-32(6)25-19-29(3,27(35)33(7)8)13-12-28(25,2)14-16-31(24,32)5/h10-11,18,25H,12-17,19H2,1-9H3/t25-,28-,29-,30+,31-,32+/m1/s1. The van der Waals surface area contributed by atoms with Gasteiger partial charge in [-0.15, -0.1) is 0 Å². The van der Waals surface area contributed by atoms with Crippen LogP contribution in [0, 0.1) is 33.0 Å². The summed E-state index contributed by atoms with van der Waals surface area (Å²) in [6, 6.07) is 0. The average Bonchev–Trinajstić information content (AvgIpc) is 2.82. The van der Waals surface area contributed by atoms with E-state index in [2.05, 4.69) is 46.8 Å². The molecule has 0 aromatic heterocycles. The zero-order chi connectivity index (χ0) is 26.5. The molecule has 36 heavy (non-hydrogen) atoms. The molecule has 0 saturated heterocycles. The van der Waals surface area contributed by atoms with Crippen molar-refractivity contribution in [2.75, 3.05) is 21.2 Å². The van der Waals surface area contributed by atoms with Gasteiger partial charge in [0.05, 0.1) is 7.11 Å². The molecule has 0 aromatic rings. The predicted molar refractivity (Wildman–Crippen MR) is 144 cm³/mol. The molecule has 3 fully saturated rings. The van der Waals surface area contributed by atoms with E-state index >= 15 is 0 Å². The molecule has 1 amide bonds. The van der Waals surface area contributed by atoms with E-state index in [1.165, 1.54) is 24.0 Å². The number of rotatable bonds is 2. The van der Waals surface area contributed by atoms with E-state index in [0.717, 1.165) is 43.3 Å². The first-order valence-corrected chi connectivity index (χ1v) is 13.8. The maximum absolute atomic E-state index is 13.3. The lowest BCUT2D eigenvalue weighted by molar-refractivity contribution is -0.173. The number of ketones is 1. The summed E-state index contributed by atoms with van der Waals surface area (Å²) < 4.78 is 5.47. The first-order valence-electron chi connectivity index (χ1n) is 13.8. The summed E-state index contributed by atoms with van der Waals surface area (Å²) in [5, 5.41) is 0. The Kier molecular flexibility index (Phi) is 5.47. The Morgan fingerprint density at radius 1 is 0.972 bits per heavy atom. The highest BCUT2D eigenvalue weighted by Crippen LogP contribution is 2.75. The second-order valence-corrected chi connectivity index (χ2v) is 14.0. The van der Waals surface area contributed by atoms with Crippen molar-refractivity contribution in [3.05, 3.63) is 46.3 Å². The predicted octanol–water partition coefficient (Wildman–Crippen LogP) is 6.79. The highest BCUT2D eigenvalue weighted by atomic mass is 16.5. The number of methoxy groups -OCH3 is 1. The molecule has 4 heteroatoms. The second-order valence-electron chi connectivity index (χ2n) is 14.0. The van der Waals surface area contributed by atoms with Gasteiger partial charge in [-0.2, -0.15) is 0 Å². The number of fused-ring (bicyclic) bond motifs is 7. The van der Waals surface area contributed by atoms with Crippen molar-refractivity contribution in [3.63, 3.8) is 0 Å². The highest BCUT2D eigenvalue weighted by molar-refractivity contribution is 6.07. The summed E-state index contributed by atoms with van der Waals surface area (Å²) >= 11 is 0. The summed E-state index contributed by atoms with van der Waals surface area (Å²) in [5.74, 6) is 1.24. The fourth-order valence-electron chi connectivity index (χ4n) is 9.44. The third kappa shape index (κ3) is 3.05. The van der Waals surface area contributed by atoms with Gasteiger partial charge in [-0.05, 0) is 91.3 Å². The first kappa shape index (κ1) is 25.5. The molecular weight excluding hydrogens is 446 g/mol. The van der Waals surface area contributed by atoms with E-state index < -0.39 is 0 Å². The largest absolute Gasteiger partial charge is 0.492 e. The number of hydrogen-bond acceptors (Lipinski definition) is 3. The summed E-state index contributed by atoms with van der Waals surface area (Å²) in [5.41, 5.74) is 4.74. The molecular formula is C32H45NO3. The number of amides is 1. The topological polar surface area (TPSA) is 46.6 Å². The Morgan fingerprint density at radius 2 is 1.64 bits per heavy atom. The van der Waals surface area contributed by atoms with Crippen LogP contribution in [0.5, 0.6) is 0 Å². The van der Waals surface area contributed by atoms with Gasteiger partial charge in [0.2, 0.25) is 11.7 Å². The molecule has 0 aromatic carbocycles. The molecule has 0 bridgehead atoms. The van der Waals surface area contributed by atoms with Gasteiger partial charge < -0.3 is 9.64 Å². The molecule has 196 valence electrons. The molecule has 0 heterocycles. The molecule has 0 unspecified atom stereocenters. The van der Waals surface area contributed by atoms with E-state index in [0.29, 0.717) is 11.7 Å². The van der Waals surface area contributed by atoms with E-state index in [-0.39, 0.29) is 38.8 Å². The third-order valence-corrected chi connectivity index (χ3v) is 12.0. The van der Waals surface area contributed by atoms with E-state index in [9.17, 15) is 9.59 Å². The Balaban J connectivity index is 1.61. The number of carbonyl (C=O) groups is 2. The maximum atomic E-state index is 13.3. The van der Waals surface area contributed by atoms with Gasteiger partial charge in [-0.25, -0.2) is 0 Å². The smallest absolute Gasteiger partial charge is 0.227 e. The second kappa shape index (κ2) is 7.71. The van der Waals surface area contributed by atoms with Crippen LogP contribution in [-0.4, -0.2) is 37.8 Å². The van der Waals surface area contributed by atoms with Gasteiger partial charge in [-0.3, -0.25) is 9.59 Å². The van der Waals surface area contributed by atoms with Crippen LogP contribution in [0.2, 0.25) is 0 Å². The van der Waals surface area contributed by atoms with Crippen molar-refractivity contribution < 1.29 is 14.3 Å². The number of nitrogens with zero attached hydrogens (tertiary/aromatic N) is 1. The van der Waals surface area contributed by atoms with Crippen LogP contribution in [-0.2, 0) is 14.3 Å². The van der Waals surface area contributed by atoms with Gasteiger partial charge in [0, 0.05) is 30.5 Å². The van der Waals surface area contributed by atoms with Gasteiger partial charge in [0.1, 0.15) is 0 Å². The quantitative estimate of drug-likeness (QED) is 0.427. The van der Waals surface area contributed by atoms with Crippen molar-refractivity contribution in [1.29, 1.82) is 0 Å². The van der Waals surface area contributed by atoms with Crippen molar-refractivity contribution in [2.24, 2.45) is 33.0 Å². The van der Waals surface area contributed by atoms with Crippen LogP contribution in [0.15, 0.2) is 46.3 Å². The zero-order valence-corrected chi connectivity index (χ0v) is 23.9. The highest BCUT2D eigenvalue weighted by Gasteiger charge is 2.67. The van der Waals surface area contributed by atoms with E-state index in [4.69, 9.17) is 4.74 Å². The Morgan fingerprint density at radius 3 is 2.28 bits per heavy atom. The molecule has 0 N–H and O–H groups in total. The molecule has 5 aliphatic rings. The summed E-state index contributed by atoms with van der Waals surface area (Å²) in [4.78, 5) is 28.2. The Labute approximate surface area is 217 Å². The number of allylic oxidation sites excluding steroid dienone is 7. The first-order chi connectivity index (χ1) is 16.7. The number of ether oxygens (including phenoxy) is 1. The van der Waals surface area contributed by atoms with Gasteiger partial charge >= 0.3 is 0 Å². The monoisotopic (exact) mass is 491 g/mol. The molecule has 0 radical (unpaired) electrons. The average molecular weight is 492 g/mol. The fraction of sp³-hybridized carbons (Fsp3) is 0.688. The lowest BCUT2D eigenvalue weighted by Crippen LogP contribution is -2.62. The lowest BCUT2D eigenvalue weighted by atomic mass is 9.34. The van der Waals surface area contributed by atoms with E-state index in [1.807, 2.05) is 27.1 Å². The van der Waals surface area contributed by atoms with Crippen molar-refractivity contribution >= 4 is 11.7 Å². The van der Waals surface area contributed by atoms with Crippen molar-refractivity contribution in [2.45, 2.75) is 86.5 Å². The van der Waals surface area contributed by atoms with Gasteiger partial charge in [0.25, 0.3) is 0 Å². The number of carbonyl (C=O) groups excluding carboxylic acids is 2. The van der Waals surface area contributed by atoms with Crippen molar-refractivity contribution in [1.82, 2.24) is 4.90 Å². The van der Waals surface area contributed by atoms with Crippen LogP contribution < -0.4 is 0 Å². The summed E-state index contributed by atoms with van der Waals surface area (Å²) in [6.45, 7) is 14.1. The summed E-state index contributed by atoms with van der Waals surface area (Å²) in [6.07, 6.45) is 14.1. The molecule has 4 nitrogen and oxygen atoms in total. The van der Waals surface area contributed by atoms with Crippen LogP contribution in [0.25, 0.3) is 0 Å². The number of hydrogen-bond donors (Lipinski definition) is 0. The molecule has 3 saturated carbocycles. The van der Waals surface area contributed by atoms with Crippen LogP contribution >= 0.6 is 0 Å². The summed E-state index contributed by atoms with van der Waals surface area (Å²) in [7, 11) is 5.40. The fourth-order valence-corrected chi connectivity index (χ4v) is 9.44.